The molecule has 0 radical (unpaired) electrons. The molecule has 2 rings (SSSR count). The zero-order valence-electron chi connectivity index (χ0n) is 9.22. The summed E-state index contributed by atoms with van der Waals surface area (Å²) in [4.78, 5) is 11.9. The summed E-state index contributed by atoms with van der Waals surface area (Å²) < 4.78 is 18.5. The molecule has 88 valence electrons. The fourth-order valence-corrected chi connectivity index (χ4v) is 1.29. The van der Waals surface area contributed by atoms with Gasteiger partial charge in [-0.2, -0.15) is 0 Å². The van der Waals surface area contributed by atoms with Gasteiger partial charge in [0.1, 0.15) is 0 Å². The van der Waals surface area contributed by atoms with Crippen molar-refractivity contribution in [3.63, 3.8) is 0 Å². The molecule has 5 nitrogen and oxygen atoms in total. The summed E-state index contributed by atoms with van der Waals surface area (Å²) in [6.45, 7) is 2.34. The Kier molecular flexibility index (Phi) is 3.13. The minimum absolute atomic E-state index is 0.136. The number of rotatable bonds is 3. The molecule has 0 aromatic carbocycles. The molecule has 0 unspecified atom stereocenters. The second-order valence-electron chi connectivity index (χ2n) is 3.27. The first-order valence-electron chi connectivity index (χ1n) is 5.07. The van der Waals surface area contributed by atoms with E-state index in [1.54, 1.807) is 0 Å². The highest BCUT2D eigenvalue weighted by atomic mass is 19.1. The molecule has 0 saturated carbocycles. The highest BCUT2D eigenvalue weighted by molar-refractivity contribution is 5.59. The van der Waals surface area contributed by atoms with E-state index >= 15 is 0 Å². The summed E-state index contributed by atoms with van der Waals surface area (Å²) in [5, 5.41) is 0. The summed E-state index contributed by atoms with van der Waals surface area (Å²) in [5.74, 6) is -0.323. The number of nitrogen functional groups attached to an aromatic ring is 1. The van der Waals surface area contributed by atoms with Gasteiger partial charge < -0.3 is 10.5 Å². The van der Waals surface area contributed by atoms with Gasteiger partial charge in [0.15, 0.2) is 11.6 Å². The Hall–Kier alpha value is -2.24. The maximum atomic E-state index is 13.2. The lowest BCUT2D eigenvalue weighted by Gasteiger charge is -2.04. The van der Waals surface area contributed by atoms with Crippen molar-refractivity contribution in [2.45, 2.75) is 6.92 Å². The predicted octanol–water partition coefficient (Wildman–Crippen LogP) is 1.66. The van der Waals surface area contributed by atoms with Crippen LogP contribution in [0.25, 0.3) is 11.3 Å². The van der Waals surface area contributed by atoms with Gasteiger partial charge >= 0.3 is 0 Å². The molecule has 6 heteroatoms. The van der Waals surface area contributed by atoms with Crippen molar-refractivity contribution in [2.75, 3.05) is 12.3 Å². The van der Waals surface area contributed by atoms with E-state index < -0.39 is 5.82 Å². The monoisotopic (exact) mass is 234 g/mol. The number of nitrogens with zero attached hydrogens (tertiary/aromatic N) is 3. The van der Waals surface area contributed by atoms with Gasteiger partial charge in [0.2, 0.25) is 5.88 Å². The van der Waals surface area contributed by atoms with Gasteiger partial charge in [-0.15, -0.1) is 0 Å². The third-order valence-corrected chi connectivity index (χ3v) is 2.07. The minimum Gasteiger partial charge on any atom is -0.477 e. The van der Waals surface area contributed by atoms with E-state index in [1.165, 1.54) is 24.7 Å². The van der Waals surface area contributed by atoms with Crippen molar-refractivity contribution >= 4 is 5.82 Å². The number of aromatic nitrogens is 3. The van der Waals surface area contributed by atoms with Gasteiger partial charge in [0, 0.05) is 11.8 Å². The summed E-state index contributed by atoms with van der Waals surface area (Å²) in [6, 6.07) is 1.27. The van der Waals surface area contributed by atoms with Crippen LogP contribution in [0.3, 0.4) is 0 Å². The molecule has 0 saturated heterocycles. The Bertz CT molecular complexity index is 533. The van der Waals surface area contributed by atoms with Crippen molar-refractivity contribution in [3.8, 4) is 17.1 Å². The van der Waals surface area contributed by atoms with Crippen LogP contribution in [0, 0.1) is 5.82 Å². The van der Waals surface area contributed by atoms with Gasteiger partial charge in [0.05, 0.1) is 24.7 Å². The van der Waals surface area contributed by atoms with Crippen molar-refractivity contribution < 1.29 is 9.13 Å². The summed E-state index contributed by atoms with van der Waals surface area (Å²) >= 11 is 0. The van der Waals surface area contributed by atoms with Crippen LogP contribution in [-0.2, 0) is 0 Å². The van der Waals surface area contributed by atoms with E-state index in [4.69, 9.17) is 10.5 Å². The number of ether oxygens (including phenoxy) is 1. The fraction of sp³-hybridized carbons (Fsp3) is 0.182. The molecule has 0 atom stereocenters. The standard InChI is InChI=1S/C11H11FN4O/c1-2-17-10-6-14-5-9(16-10)7-3-8(12)11(13)15-4-7/h3-6H,2H2,1H3,(H2,13,15). The Morgan fingerprint density at radius 2 is 2.18 bits per heavy atom. The molecule has 17 heavy (non-hydrogen) atoms. The van der Waals surface area contributed by atoms with Crippen molar-refractivity contribution in [2.24, 2.45) is 0 Å². The number of anilines is 1. The third kappa shape index (κ3) is 2.47. The Labute approximate surface area is 97.5 Å². The van der Waals surface area contributed by atoms with E-state index in [0.29, 0.717) is 23.7 Å². The van der Waals surface area contributed by atoms with Crippen LogP contribution in [0.15, 0.2) is 24.7 Å². The summed E-state index contributed by atoms with van der Waals surface area (Å²) in [7, 11) is 0. The smallest absolute Gasteiger partial charge is 0.232 e. The van der Waals surface area contributed by atoms with Crippen LogP contribution in [0.5, 0.6) is 5.88 Å². The maximum absolute atomic E-state index is 13.2. The van der Waals surface area contributed by atoms with E-state index in [1.807, 2.05) is 6.92 Å². The lowest BCUT2D eigenvalue weighted by Crippen LogP contribution is -1.98. The molecule has 0 aliphatic heterocycles. The topological polar surface area (TPSA) is 73.9 Å². The lowest BCUT2D eigenvalue weighted by atomic mass is 10.2. The van der Waals surface area contributed by atoms with E-state index in [0.717, 1.165) is 0 Å². The average molecular weight is 234 g/mol. The largest absolute Gasteiger partial charge is 0.477 e. The molecule has 2 N–H and O–H groups in total. The molecule has 0 aliphatic rings. The van der Waals surface area contributed by atoms with E-state index in [-0.39, 0.29) is 5.82 Å². The molecule has 2 heterocycles. The van der Waals surface area contributed by atoms with Crippen molar-refractivity contribution in [1.29, 1.82) is 0 Å². The Morgan fingerprint density at radius 1 is 1.35 bits per heavy atom. The van der Waals surface area contributed by atoms with Gasteiger partial charge in [-0.25, -0.2) is 14.4 Å². The van der Waals surface area contributed by atoms with E-state index in [2.05, 4.69) is 15.0 Å². The van der Waals surface area contributed by atoms with E-state index in [9.17, 15) is 4.39 Å². The number of pyridine rings is 1. The number of hydrogen-bond acceptors (Lipinski definition) is 5. The molecule has 2 aromatic heterocycles. The zero-order valence-corrected chi connectivity index (χ0v) is 9.22. The molecule has 0 aliphatic carbocycles. The Morgan fingerprint density at radius 3 is 2.88 bits per heavy atom. The van der Waals surface area contributed by atoms with Crippen LogP contribution in [0.1, 0.15) is 6.92 Å². The summed E-state index contributed by atoms with van der Waals surface area (Å²) in [6.07, 6.45) is 4.45. The minimum atomic E-state index is -0.578. The molecule has 0 fully saturated rings. The second kappa shape index (κ2) is 4.73. The summed E-state index contributed by atoms with van der Waals surface area (Å²) in [5.41, 5.74) is 6.29. The molecule has 0 bridgehead atoms. The maximum Gasteiger partial charge on any atom is 0.232 e. The molecular formula is C11H11FN4O. The molecule has 0 spiro atoms. The predicted molar refractivity (Wildman–Crippen MR) is 60.8 cm³/mol. The number of hydrogen-bond donors (Lipinski definition) is 1. The second-order valence-corrected chi connectivity index (χ2v) is 3.27. The lowest BCUT2D eigenvalue weighted by molar-refractivity contribution is 0.325. The van der Waals surface area contributed by atoms with Crippen LogP contribution in [0.2, 0.25) is 0 Å². The SMILES string of the molecule is CCOc1cncc(-c2cnc(N)c(F)c2)n1. The highest BCUT2D eigenvalue weighted by Crippen LogP contribution is 2.20. The van der Waals surface area contributed by atoms with Gasteiger partial charge in [-0.3, -0.25) is 4.98 Å². The third-order valence-electron chi connectivity index (χ3n) is 2.07. The molecule has 2 aromatic rings. The first kappa shape index (κ1) is 11.3. The average Bonchev–Trinajstić information content (AvgIpc) is 2.33. The van der Waals surface area contributed by atoms with Gasteiger partial charge in [0.25, 0.3) is 0 Å². The Balaban J connectivity index is 2.38. The molecule has 0 amide bonds. The first-order valence-corrected chi connectivity index (χ1v) is 5.07. The van der Waals surface area contributed by atoms with Crippen LogP contribution >= 0.6 is 0 Å². The van der Waals surface area contributed by atoms with Crippen LogP contribution in [0.4, 0.5) is 10.2 Å². The van der Waals surface area contributed by atoms with Crippen molar-refractivity contribution in [1.82, 2.24) is 15.0 Å². The highest BCUT2D eigenvalue weighted by Gasteiger charge is 2.06. The fourth-order valence-electron chi connectivity index (χ4n) is 1.29. The van der Waals surface area contributed by atoms with Crippen molar-refractivity contribution in [3.05, 3.63) is 30.5 Å². The van der Waals surface area contributed by atoms with Crippen LogP contribution in [-0.4, -0.2) is 21.6 Å². The van der Waals surface area contributed by atoms with Gasteiger partial charge in [-0.1, -0.05) is 0 Å². The normalized spacial score (nSPS) is 10.2. The number of halogens is 1. The molecular weight excluding hydrogens is 223 g/mol. The first-order chi connectivity index (χ1) is 8.20. The van der Waals surface area contributed by atoms with Gasteiger partial charge in [-0.05, 0) is 13.0 Å². The number of nitrogens with two attached hydrogens (primary N) is 1. The van der Waals surface area contributed by atoms with Crippen LogP contribution < -0.4 is 10.5 Å². The quantitative estimate of drug-likeness (QED) is 0.874. The zero-order chi connectivity index (χ0) is 12.3.